The summed E-state index contributed by atoms with van der Waals surface area (Å²) in [6.07, 6.45) is 1.40. The van der Waals surface area contributed by atoms with E-state index >= 15 is 0 Å². The average molecular weight is 382 g/mol. The smallest absolute Gasteiger partial charge is 0.341 e. The molecule has 1 aromatic rings. The number of sulfone groups is 1. The van der Waals surface area contributed by atoms with Crippen molar-refractivity contribution in [2.75, 3.05) is 23.4 Å². The minimum absolute atomic E-state index is 0.0659. The van der Waals surface area contributed by atoms with E-state index in [1.54, 1.807) is 18.2 Å². The van der Waals surface area contributed by atoms with Crippen molar-refractivity contribution in [1.82, 2.24) is 5.32 Å². The highest BCUT2D eigenvalue weighted by molar-refractivity contribution is 7.91. The largest absolute Gasteiger partial charge is 0.449 e. The first-order valence-corrected chi connectivity index (χ1v) is 10.7. The number of unbranched alkanes of at least 4 members (excludes halogenated alkanes) is 1. The second-order valence-corrected chi connectivity index (χ2v) is 8.71. The van der Waals surface area contributed by atoms with E-state index in [9.17, 15) is 18.0 Å². The summed E-state index contributed by atoms with van der Waals surface area (Å²) in [5.74, 6) is -1.07. The molecule has 0 unspecified atom stereocenters. The zero-order valence-corrected chi connectivity index (χ0v) is 16.0. The Labute approximate surface area is 154 Å². The molecule has 0 aromatic heterocycles. The number of hydrogen-bond donors (Lipinski definition) is 2. The second-order valence-electron chi connectivity index (χ2n) is 6.48. The van der Waals surface area contributed by atoms with Gasteiger partial charge in [-0.25, -0.2) is 13.2 Å². The van der Waals surface area contributed by atoms with E-state index in [0.29, 0.717) is 17.7 Å². The molecule has 1 saturated heterocycles. The number of hydrogen-bond acceptors (Lipinski definition) is 6. The number of carbonyl (C=O) groups is 2. The van der Waals surface area contributed by atoms with Crippen LogP contribution < -0.4 is 10.6 Å². The SMILES string of the molecule is CCCCNc1ccccc1C(=O)O[C@@H](C)C(=O)N[C@@H]1CCS(=O)(=O)C1. The van der Waals surface area contributed by atoms with E-state index in [0.717, 1.165) is 19.4 Å². The van der Waals surface area contributed by atoms with E-state index in [-0.39, 0.29) is 11.5 Å². The van der Waals surface area contributed by atoms with Crippen molar-refractivity contribution in [3.05, 3.63) is 29.8 Å². The Kier molecular flexibility index (Phi) is 7.02. The van der Waals surface area contributed by atoms with Crippen molar-refractivity contribution in [2.24, 2.45) is 0 Å². The summed E-state index contributed by atoms with van der Waals surface area (Å²) >= 11 is 0. The standard InChI is InChI=1S/C18H26N2O5S/c1-3-4-10-19-16-8-6-5-7-15(16)18(22)25-13(2)17(21)20-14-9-11-26(23,24)12-14/h5-8,13-14,19H,3-4,9-12H2,1-2H3,(H,20,21)/t13-,14+/m0/s1. The van der Waals surface area contributed by atoms with E-state index in [2.05, 4.69) is 17.6 Å². The summed E-state index contributed by atoms with van der Waals surface area (Å²) < 4.78 is 28.2. The highest BCUT2D eigenvalue weighted by Crippen LogP contribution is 2.17. The Morgan fingerprint density at radius 3 is 2.69 bits per heavy atom. The molecule has 2 N–H and O–H groups in total. The Bertz CT molecular complexity index is 748. The summed E-state index contributed by atoms with van der Waals surface area (Å²) in [6, 6.07) is 6.57. The van der Waals surface area contributed by atoms with E-state index in [4.69, 9.17) is 4.74 Å². The van der Waals surface area contributed by atoms with Gasteiger partial charge >= 0.3 is 5.97 Å². The molecule has 0 radical (unpaired) electrons. The number of benzene rings is 1. The molecule has 7 nitrogen and oxygen atoms in total. The zero-order chi connectivity index (χ0) is 19.2. The van der Waals surface area contributed by atoms with Crippen molar-refractivity contribution >= 4 is 27.4 Å². The summed E-state index contributed by atoms with van der Waals surface area (Å²) in [5.41, 5.74) is 1.03. The molecule has 0 spiro atoms. The third kappa shape index (κ3) is 5.72. The molecule has 0 bridgehead atoms. The van der Waals surface area contributed by atoms with Crippen molar-refractivity contribution in [2.45, 2.75) is 45.3 Å². The molecule has 2 atom stereocenters. The van der Waals surface area contributed by atoms with Crippen LogP contribution in [0.4, 0.5) is 5.69 Å². The van der Waals surface area contributed by atoms with Gasteiger partial charge in [0.1, 0.15) is 0 Å². The fourth-order valence-electron chi connectivity index (χ4n) is 2.72. The minimum Gasteiger partial charge on any atom is -0.449 e. The first-order valence-electron chi connectivity index (χ1n) is 8.87. The van der Waals surface area contributed by atoms with Gasteiger partial charge in [0.2, 0.25) is 0 Å². The third-order valence-electron chi connectivity index (χ3n) is 4.22. The van der Waals surface area contributed by atoms with Crippen LogP contribution >= 0.6 is 0 Å². The number of para-hydroxylation sites is 1. The van der Waals surface area contributed by atoms with Gasteiger partial charge in [0.25, 0.3) is 5.91 Å². The molecule has 1 heterocycles. The number of ether oxygens (including phenoxy) is 1. The number of amides is 1. The maximum absolute atomic E-state index is 12.4. The molecule has 8 heteroatoms. The molecular formula is C18H26N2O5S. The lowest BCUT2D eigenvalue weighted by Gasteiger charge is -2.17. The molecule has 2 rings (SSSR count). The van der Waals surface area contributed by atoms with Crippen molar-refractivity contribution < 1.29 is 22.7 Å². The maximum Gasteiger partial charge on any atom is 0.341 e. The van der Waals surface area contributed by atoms with E-state index in [1.807, 2.05) is 6.07 Å². The maximum atomic E-state index is 12.4. The predicted molar refractivity (Wildman–Crippen MR) is 99.9 cm³/mol. The summed E-state index contributed by atoms with van der Waals surface area (Å²) in [4.78, 5) is 24.6. The Hall–Kier alpha value is -2.09. The van der Waals surface area contributed by atoms with Gasteiger partial charge in [-0.1, -0.05) is 25.5 Å². The summed E-state index contributed by atoms with van der Waals surface area (Å²) in [5, 5.41) is 5.83. The first-order chi connectivity index (χ1) is 12.3. The second kappa shape index (κ2) is 9.02. The molecule has 1 aliphatic rings. The van der Waals surface area contributed by atoms with Gasteiger partial charge in [-0.3, -0.25) is 4.79 Å². The number of esters is 1. The number of anilines is 1. The van der Waals surface area contributed by atoms with Crippen LogP contribution in [0.2, 0.25) is 0 Å². The zero-order valence-electron chi connectivity index (χ0n) is 15.2. The monoisotopic (exact) mass is 382 g/mol. The van der Waals surface area contributed by atoms with E-state index in [1.165, 1.54) is 6.92 Å². The topological polar surface area (TPSA) is 102 Å². The Balaban J connectivity index is 1.93. The van der Waals surface area contributed by atoms with Crippen LogP contribution in [0.5, 0.6) is 0 Å². The van der Waals surface area contributed by atoms with Gasteiger partial charge in [0.05, 0.1) is 17.1 Å². The molecular weight excluding hydrogens is 356 g/mol. The first kappa shape index (κ1) is 20.2. The van der Waals surface area contributed by atoms with Gasteiger partial charge in [-0.2, -0.15) is 0 Å². The van der Waals surface area contributed by atoms with E-state index < -0.39 is 33.9 Å². The quantitative estimate of drug-likeness (QED) is 0.525. The molecule has 1 amide bonds. The fraction of sp³-hybridized carbons (Fsp3) is 0.556. The van der Waals surface area contributed by atoms with Crippen LogP contribution in [-0.2, 0) is 19.4 Å². The van der Waals surface area contributed by atoms with Crippen LogP contribution in [0.3, 0.4) is 0 Å². The lowest BCUT2D eigenvalue weighted by atomic mass is 10.1. The van der Waals surface area contributed by atoms with Crippen molar-refractivity contribution in [1.29, 1.82) is 0 Å². The lowest BCUT2D eigenvalue weighted by Crippen LogP contribution is -2.42. The molecule has 26 heavy (non-hydrogen) atoms. The Morgan fingerprint density at radius 1 is 1.31 bits per heavy atom. The number of rotatable bonds is 8. The van der Waals surface area contributed by atoms with Gasteiger partial charge in [-0.05, 0) is 31.9 Å². The predicted octanol–water partition coefficient (Wildman–Crippen LogP) is 1.75. The van der Waals surface area contributed by atoms with Crippen LogP contribution in [0.1, 0.15) is 43.5 Å². The highest BCUT2D eigenvalue weighted by atomic mass is 32.2. The van der Waals surface area contributed by atoms with Crippen LogP contribution in [0.25, 0.3) is 0 Å². The average Bonchev–Trinajstić information content (AvgIpc) is 2.94. The van der Waals surface area contributed by atoms with Crippen LogP contribution in [0.15, 0.2) is 24.3 Å². The molecule has 0 aliphatic carbocycles. The molecule has 0 saturated carbocycles. The van der Waals surface area contributed by atoms with Crippen molar-refractivity contribution in [3.8, 4) is 0 Å². The third-order valence-corrected chi connectivity index (χ3v) is 5.99. The summed E-state index contributed by atoms with van der Waals surface area (Å²) in [7, 11) is -3.08. The molecule has 1 fully saturated rings. The normalized spacial score (nSPS) is 19.5. The molecule has 1 aromatic carbocycles. The minimum atomic E-state index is -3.08. The van der Waals surface area contributed by atoms with Gasteiger partial charge in [-0.15, -0.1) is 0 Å². The Morgan fingerprint density at radius 2 is 2.04 bits per heavy atom. The van der Waals surface area contributed by atoms with Gasteiger partial charge < -0.3 is 15.4 Å². The number of carbonyl (C=O) groups excluding carboxylic acids is 2. The summed E-state index contributed by atoms with van der Waals surface area (Å²) in [6.45, 7) is 4.30. The van der Waals surface area contributed by atoms with Crippen molar-refractivity contribution in [3.63, 3.8) is 0 Å². The fourth-order valence-corrected chi connectivity index (χ4v) is 4.39. The lowest BCUT2D eigenvalue weighted by molar-refractivity contribution is -0.129. The van der Waals surface area contributed by atoms with Gasteiger partial charge in [0.15, 0.2) is 15.9 Å². The van der Waals surface area contributed by atoms with Gasteiger partial charge in [0, 0.05) is 18.3 Å². The molecule has 1 aliphatic heterocycles. The van der Waals surface area contributed by atoms with Crippen LogP contribution in [-0.4, -0.2) is 50.5 Å². The number of nitrogens with one attached hydrogen (secondary N) is 2. The van der Waals surface area contributed by atoms with Crippen LogP contribution in [0, 0.1) is 0 Å². The highest BCUT2D eigenvalue weighted by Gasteiger charge is 2.31. The molecule has 144 valence electrons.